The van der Waals surface area contributed by atoms with Crippen LogP contribution in [0.25, 0.3) is 0 Å². The van der Waals surface area contributed by atoms with Crippen LogP contribution in [-0.4, -0.2) is 24.0 Å². The SMILES string of the molecule is CCCCC(=O)CCCCCNC(=O)OC(C)(C)C. The van der Waals surface area contributed by atoms with E-state index >= 15 is 0 Å². The summed E-state index contributed by atoms with van der Waals surface area (Å²) in [7, 11) is 0. The predicted octanol–water partition coefficient (Wildman–Crippen LogP) is 3.83. The first-order chi connectivity index (χ1) is 8.85. The van der Waals surface area contributed by atoms with Crippen molar-refractivity contribution in [2.75, 3.05) is 6.54 Å². The molecule has 19 heavy (non-hydrogen) atoms. The van der Waals surface area contributed by atoms with E-state index in [9.17, 15) is 9.59 Å². The maximum Gasteiger partial charge on any atom is 0.407 e. The summed E-state index contributed by atoms with van der Waals surface area (Å²) in [6.45, 7) is 8.23. The molecule has 0 atom stereocenters. The zero-order chi connectivity index (χ0) is 14.7. The molecule has 0 unspecified atom stereocenters. The Morgan fingerprint density at radius 3 is 2.21 bits per heavy atom. The van der Waals surface area contributed by atoms with Crippen molar-refractivity contribution in [2.24, 2.45) is 0 Å². The Bertz CT molecular complexity index is 269. The van der Waals surface area contributed by atoms with Crippen LogP contribution in [0.15, 0.2) is 0 Å². The van der Waals surface area contributed by atoms with E-state index in [0.29, 0.717) is 25.2 Å². The number of hydrogen-bond acceptors (Lipinski definition) is 3. The Morgan fingerprint density at radius 2 is 1.63 bits per heavy atom. The molecule has 1 N–H and O–H groups in total. The first-order valence-corrected chi connectivity index (χ1v) is 7.33. The third kappa shape index (κ3) is 13.2. The maximum absolute atomic E-state index is 11.4. The van der Waals surface area contributed by atoms with Crippen LogP contribution in [0.1, 0.15) is 72.6 Å². The number of ketones is 1. The molecule has 0 rings (SSSR count). The van der Waals surface area contributed by atoms with Gasteiger partial charge in [-0.15, -0.1) is 0 Å². The summed E-state index contributed by atoms with van der Waals surface area (Å²) in [5.74, 6) is 0.363. The molecule has 4 nitrogen and oxygen atoms in total. The first kappa shape index (κ1) is 17.9. The molecule has 112 valence electrons. The largest absolute Gasteiger partial charge is 0.444 e. The van der Waals surface area contributed by atoms with Gasteiger partial charge in [-0.25, -0.2) is 4.79 Å². The van der Waals surface area contributed by atoms with E-state index in [1.54, 1.807) is 0 Å². The van der Waals surface area contributed by atoms with Crippen molar-refractivity contribution in [3.63, 3.8) is 0 Å². The van der Waals surface area contributed by atoms with E-state index in [0.717, 1.165) is 32.1 Å². The molecule has 0 saturated heterocycles. The Kier molecular flexibility index (Phi) is 9.27. The molecule has 1 amide bonds. The number of unbranched alkanes of at least 4 members (excludes halogenated alkanes) is 3. The van der Waals surface area contributed by atoms with Gasteiger partial charge >= 0.3 is 6.09 Å². The van der Waals surface area contributed by atoms with Crippen molar-refractivity contribution in [1.29, 1.82) is 0 Å². The smallest absolute Gasteiger partial charge is 0.407 e. The van der Waals surface area contributed by atoms with Gasteiger partial charge in [0.25, 0.3) is 0 Å². The number of carbonyl (C=O) groups excluding carboxylic acids is 2. The first-order valence-electron chi connectivity index (χ1n) is 7.33. The monoisotopic (exact) mass is 271 g/mol. The van der Waals surface area contributed by atoms with E-state index in [1.807, 2.05) is 20.8 Å². The van der Waals surface area contributed by atoms with Crippen molar-refractivity contribution >= 4 is 11.9 Å². The standard InChI is InChI=1S/C15H29NO3/c1-5-6-10-13(17)11-8-7-9-12-16-14(18)19-15(2,3)4/h5-12H2,1-4H3,(H,16,18). The number of carbonyl (C=O) groups is 2. The molecular formula is C15H29NO3. The van der Waals surface area contributed by atoms with E-state index in [4.69, 9.17) is 4.74 Å². The fraction of sp³-hybridized carbons (Fsp3) is 0.867. The number of ether oxygens (including phenoxy) is 1. The molecule has 0 heterocycles. The maximum atomic E-state index is 11.4. The Morgan fingerprint density at radius 1 is 1.00 bits per heavy atom. The molecule has 0 aromatic carbocycles. The average molecular weight is 271 g/mol. The third-order valence-corrected chi connectivity index (χ3v) is 2.61. The van der Waals surface area contributed by atoms with Gasteiger partial charge < -0.3 is 10.1 Å². The highest BCUT2D eigenvalue weighted by molar-refractivity contribution is 5.78. The summed E-state index contributed by atoms with van der Waals surface area (Å²) < 4.78 is 5.12. The number of hydrogen-bond donors (Lipinski definition) is 1. The normalized spacial score (nSPS) is 11.2. The van der Waals surface area contributed by atoms with Crippen LogP contribution in [0.3, 0.4) is 0 Å². The quantitative estimate of drug-likeness (QED) is 0.648. The minimum absolute atomic E-state index is 0.363. The highest BCUT2D eigenvalue weighted by Crippen LogP contribution is 2.07. The zero-order valence-electron chi connectivity index (χ0n) is 12.9. The van der Waals surface area contributed by atoms with Gasteiger partial charge in [-0.3, -0.25) is 4.79 Å². The molecule has 0 aromatic rings. The highest BCUT2D eigenvalue weighted by atomic mass is 16.6. The van der Waals surface area contributed by atoms with Crippen LogP contribution in [-0.2, 0) is 9.53 Å². The molecule has 4 heteroatoms. The van der Waals surface area contributed by atoms with Gasteiger partial charge in [-0.1, -0.05) is 19.8 Å². The van der Waals surface area contributed by atoms with Crippen LogP contribution >= 0.6 is 0 Å². The summed E-state index contributed by atoms with van der Waals surface area (Å²) in [6, 6.07) is 0. The van der Waals surface area contributed by atoms with Crippen molar-refractivity contribution in [3.05, 3.63) is 0 Å². The second kappa shape index (κ2) is 9.82. The molecule has 0 saturated carbocycles. The van der Waals surface area contributed by atoms with Gasteiger partial charge in [0.1, 0.15) is 11.4 Å². The lowest BCUT2D eigenvalue weighted by Gasteiger charge is -2.19. The lowest BCUT2D eigenvalue weighted by Crippen LogP contribution is -2.32. The molecule has 0 bridgehead atoms. The minimum atomic E-state index is -0.449. The fourth-order valence-corrected chi connectivity index (χ4v) is 1.63. The van der Waals surface area contributed by atoms with Crippen LogP contribution in [0.4, 0.5) is 4.79 Å². The number of nitrogens with one attached hydrogen (secondary N) is 1. The second-order valence-electron chi connectivity index (χ2n) is 5.88. The molecule has 0 radical (unpaired) electrons. The molecular weight excluding hydrogens is 242 g/mol. The van der Waals surface area contributed by atoms with E-state index in [-0.39, 0.29) is 6.09 Å². The predicted molar refractivity (Wildman–Crippen MR) is 77.2 cm³/mol. The minimum Gasteiger partial charge on any atom is -0.444 e. The van der Waals surface area contributed by atoms with E-state index in [1.165, 1.54) is 0 Å². The number of Topliss-reactive ketones (excluding diaryl/α,β-unsaturated/α-hetero) is 1. The van der Waals surface area contributed by atoms with Crippen molar-refractivity contribution in [2.45, 2.75) is 78.2 Å². The number of amides is 1. The van der Waals surface area contributed by atoms with E-state index < -0.39 is 5.60 Å². The summed E-state index contributed by atoms with van der Waals surface area (Å²) in [6.07, 6.45) is 5.86. The molecule has 0 spiro atoms. The number of alkyl carbamates (subject to hydrolysis) is 1. The van der Waals surface area contributed by atoms with Gasteiger partial charge in [0.05, 0.1) is 0 Å². The van der Waals surface area contributed by atoms with Crippen LogP contribution in [0.5, 0.6) is 0 Å². The van der Waals surface area contributed by atoms with Crippen molar-refractivity contribution < 1.29 is 14.3 Å². The van der Waals surface area contributed by atoms with E-state index in [2.05, 4.69) is 12.2 Å². The molecule has 0 fully saturated rings. The van der Waals surface area contributed by atoms with Gasteiger partial charge in [-0.2, -0.15) is 0 Å². The Hall–Kier alpha value is -1.06. The van der Waals surface area contributed by atoms with Gasteiger partial charge in [0.15, 0.2) is 0 Å². The van der Waals surface area contributed by atoms with Gasteiger partial charge in [-0.05, 0) is 40.0 Å². The fourth-order valence-electron chi connectivity index (χ4n) is 1.63. The lowest BCUT2D eigenvalue weighted by molar-refractivity contribution is -0.119. The second-order valence-corrected chi connectivity index (χ2v) is 5.88. The topological polar surface area (TPSA) is 55.4 Å². The summed E-state index contributed by atoms with van der Waals surface area (Å²) in [5, 5.41) is 2.72. The Labute approximate surface area is 117 Å². The van der Waals surface area contributed by atoms with Crippen molar-refractivity contribution in [1.82, 2.24) is 5.32 Å². The number of rotatable bonds is 9. The van der Waals surface area contributed by atoms with Gasteiger partial charge in [0, 0.05) is 19.4 Å². The van der Waals surface area contributed by atoms with Crippen molar-refractivity contribution in [3.8, 4) is 0 Å². The van der Waals surface area contributed by atoms with Crippen LogP contribution in [0, 0.1) is 0 Å². The highest BCUT2D eigenvalue weighted by Gasteiger charge is 2.15. The van der Waals surface area contributed by atoms with Crippen LogP contribution in [0.2, 0.25) is 0 Å². The van der Waals surface area contributed by atoms with Crippen LogP contribution < -0.4 is 5.32 Å². The summed E-state index contributed by atoms with van der Waals surface area (Å²) >= 11 is 0. The molecule has 0 aromatic heterocycles. The summed E-state index contributed by atoms with van der Waals surface area (Å²) in [5.41, 5.74) is -0.449. The molecule has 0 aliphatic rings. The average Bonchev–Trinajstić information content (AvgIpc) is 2.28. The Balaban J connectivity index is 3.41. The molecule has 0 aliphatic heterocycles. The lowest BCUT2D eigenvalue weighted by atomic mass is 10.1. The zero-order valence-corrected chi connectivity index (χ0v) is 12.9. The molecule has 0 aliphatic carbocycles. The van der Waals surface area contributed by atoms with Gasteiger partial charge in [0.2, 0.25) is 0 Å². The summed E-state index contributed by atoms with van der Waals surface area (Å²) in [4.78, 5) is 22.7. The third-order valence-electron chi connectivity index (χ3n) is 2.61.